The van der Waals surface area contributed by atoms with E-state index in [2.05, 4.69) is 69.1 Å². The number of hydrogen-bond acceptors (Lipinski definition) is 1. The molecule has 154 valence electrons. The van der Waals surface area contributed by atoms with E-state index in [9.17, 15) is 4.79 Å². The molecular weight excluding hydrogens is 354 g/mol. The molecule has 0 amide bonds. The molecule has 2 fully saturated rings. The van der Waals surface area contributed by atoms with Crippen LogP contribution in [0.3, 0.4) is 0 Å². The summed E-state index contributed by atoms with van der Waals surface area (Å²) in [6.45, 7) is 9.51. The lowest BCUT2D eigenvalue weighted by Crippen LogP contribution is -2.57. The molecule has 1 heterocycles. The van der Waals surface area contributed by atoms with E-state index in [1.165, 1.54) is 35.9 Å². The van der Waals surface area contributed by atoms with Crippen molar-refractivity contribution in [3.8, 4) is 0 Å². The number of H-pyrrole nitrogens is 1. The normalized spacial score (nSPS) is 36.6. The highest BCUT2D eigenvalue weighted by Crippen LogP contribution is 2.67. The van der Waals surface area contributed by atoms with Gasteiger partial charge < -0.3 is 4.98 Å². The molecule has 2 aromatic rings. The van der Waals surface area contributed by atoms with E-state index in [0.29, 0.717) is 23.5 Å². The molecule has 0 bridgehead atoms. The molecule has 0 saturated heterocycles. The number of aromatic nitrogens is 1. The van der Waals surface area contributed by atoms with Gasteiger partial charge in [-0.05, 0) is 66.9 Å². The fourth-order valence-corrected chi connectivity index (χ4v) is 7.50. The monoisotopic (exact) mass is 389 g/mol. The van der Waals surface area contributed by atoms with Crippen LogP contribution in [-0.2, 0) is 16.6 Å². The second kappa shape index (κ2) is 6.59. The van der Waals surface area contributed by atoms with Gasteiger partial charge in [0.15, 0.2) is 0 Å². The van der Waals surface area contributed by atoms with Gasteiger partial charge in [0, 0.05) is 34.4 Å². The summed E-state index contributed by atoms with van der Waals surface area (Å²) in [6.07, 6.45) is 10.9. The standard InChI is InChI=1S/C27H35NO/c1-17(2)8-7-10-19-21-13-12-18-16-23-25(20-9-5-6-11-22(20)28-23)27(18,4)26(21,3)15-14-24(19)29/h5-9,11,17-19,21,28H,10,12-16H2,1-4H3/b8-7+. The Balaban J connectivity index is 1.59. The highest BCUT2D eigenvalue weighted by atomic mass is 16.1. The summed E-state index contributed by atoms with van der Waals surface area (Å²) in [4.78, 5) is 16.8. The maximum absolute atomic E-state index is 13.0. The summed E-state index contributed by atoms with van der Waals surface area (Å²) in [7, 11) is 0. The molecule has 1 aromatic heterocycles. The number of hydrogen-bond donors (Lipinski definition) is 1. The van der Waals surface area contributed by atoms with Gasteiger partial charge in [0.2, 0.25) is 0 Å². The van der Waals surface area contributed by atoms with Crippen LogP contribution in [0.2, 0.25) is 0 Å². The third-order valence-corrected chi connectivity index (χ3v) is 9.10. The molecule has 1 N–H and O–H groups in total. The van der Waals surface area contributed by atoms with Gasteiger partial charge in [0.05, 0.1) is 0 Å². The zero-order valence-corrected chi connectivity index (χ0v) is 18.4. The van der Waals surface area contributed by atoms with Crippen LogP contribution in [0.25, 0.3) is 10.9 Å². The first-order chi connectivity index (χ1) is 13.9. The average Bonchev–Trinajstić information content (AvgIpc) is 3.19. The summed E-state index contributed by atoms with van der Waals surface area (Å²) in [5.74, 6) is 2.48. The predicted molar refractivity (Wildman–Crippen MR) is 120 cm³/mol. The number of aromatic amines is 1. The molecule has 29 heavy (non-hydrogen) atoms. The van der Waals surface area contributed by atoms with Gasteiger partial charge in [-0.1, -0.05) is 58.0 Å². The number of carbonyl (C=O) groups excluding carboxylic acids is 1. The van der Waals surface area contributed by atoms with Crippen LogP contribution in [0.15, 0.2) is 36.4 Å². The third-order valence-electron chi connectivity index (χ3n) is 9.10. The van der Waals surface area contributed by atoms with Gasteiger partial charge in [-0.2, -0.15) is 0 Å². The van der Waals surface area contributed by atoms with Crippen molar-refractivity contribution < 1.29 is 4.79 Å². The first kappa shape index (κ1) is 19.2. The molecule has 2 nitrogen and oxygen atoms in total. The Hall–Kier alpha value is -1.83. The predicted octanol–water partition coefficient (Wildman–Crippen LogP) is 6.60. The summed E-state index contributed by atoms with van der Waals surface area (Å²) >= 11 is 0. The topological polar surface area (TPSA) is 32.9 Å². The van der Waals surface area contributed by atoms with Crippen LogP contribution in [0.5, 0.6) is 0 Å². The zero-order chi connectivity index (χ0) is 20.4. The summed E-state index contributed by atoms with van der Waals surface area (Å²) in [6, 6.07) is 8.84. The van der Waals surface area contributed by atoms with E-state index in [-0.39, 0.29) is 16.7 Å². The van der Waals surface area contributed by atoms with Crippen molar-refractivity contribution in [3.63, 3.8) is 0 Å². The third kappa shape index (κ3) is 2.57. The second-order valence-electron chi connectivity index (χ2n) is 10.7. The van der Waals surface area contributed by atoms with E-state index in [1.54, 1.807) is 5.56 Å². The van der Waals surface area contributed by atoms with Crippen molar-refractivity contribution in [1.82, 2.24) is 4.98 Å². The van der Waals surface area contributed by atoms with Gasteiger partial charge >= 0.3 is 0 Å². The molecule has 5 atom stereocenters. The summed E-state index contributed by atoms with van der Waals surface area (Å²) in [5.41, 5.74) is 4.68. The number of nitrogens with one attached hydrogen (secondary N) is 1. The Kier molecular flexibility index (Phi) is 4.35. The van der Waals surface area contributed by atoms with Crippen LogP contribution in [0, 0.1) is 29.1 Å². The van der Waals surface area contributed by atoms with Crippen LogP contribution in [0.4, 0.5) is 0 Å². The van der Waals surface area contributed by atoms with Crippen LogP contribution in [0.1, 0.15) is 71.1 Å². The lowest BCUT2D eigenvalue weighted by molar-refractivity contribution is -0.140. The molecule has 2 saturated carbocycles. The molecular formula is C27H35NO. The minimum atomic E-state index is 0.158. The molecule has 1 aromatic carbocycles. The molecule has 2 heteroatoms. The molecule has 3 aliphatic rings. The smallest absolute Gasteiger partial charge is 0.136 e. The number of carbonyl (C=O) groups is 1. The zero-order valence-electron chi connectivity index (χ0n) is 18.4. The first-order valence-electron chi connectivity index (χ1n) is 11.7. The maximum atomic E-state index is 13.0. The van der Waals surface area contributed by atoms with Gasteiger partial charge in [-0.3, -0.25) is 4.79 Å². The summed E-state index contributed by atoms with van der Waals surface area (Å²) in [5, 5.41) is 1.42. The average molecular weight is 390 g/mol. The van der Waals surface area contributed by atoms with E-state index >= 15 is 0 Å². The van der Waals surface area contributed by atoms with Gasteiger partial charge in [0.1, 0.15) is 5.78 Å². The van der Waals surface area contributed by atoms with E-state index < -0.39 is 0 Å². The Morgan fingerprint density at radius 1 is 1.21 bits per heavy atom. The maximum Gasteiger partial charge on any atom is 0.136 e. The molecule has 0 radical (unpaired) electrons. The Labute approximate surface area is 175 Å². The lowest BCUT2D eigenvalue weighted by Gasteiger charge is -2.60. The Morgan fingerprint density at radius 3 is 2.79 bits per heavy atom. The Bertz CT molecular complexity index is 982. The van der Waals surface area contributed by atoms with Crippen molar-refractivity contribution in [3.05, 3.63) is 47.7 Å². The second-order valence-corrected chi connectivity index (χ2v) is 10.7. The van der Waals surface area contributed by atoms with Gasteiger partial charge in [-0.25, -0.2) is 0 Å². The van der Waals surface area contributed by atoms with Gasteiger partial charge in [-0.15, -0.1) is 0 Å². The minimum Gasteiger partial charge on any atom is -0.358 e. The van der Waals surface area contributed by atoms with Crippen molar-refractivity contribution in [2.45, 2.75) is 71.6 Å². The number of para-hydroxylation sites is 1. The highest BCUT2D eigenvalue weighted by molar-refractivity contribution is 5.87. The Morgan fingerprint density at radius 2 is 2.00 bits per heavy atom. The minimum absolute atomic E-state index is 0.158. The SMILES string of the molecule is CC(C)/C=C/CC1C(=O)CCC2(C)C1CCC1Cc3[nH]c4ccccc4c3C12C. The van der Waals surface area contributed by atoms with Gasteiger partial charge in [0.25, 0.3) is 0 Å². The quantitative estimate of drug-likeness (QED) is 0.590. The van der Waals surface area contributed by atoms with Crippen molar-refractivity contribution in [1.29, 1.82) is 0 Å². The number of rotatable bonds is 3. The number of ketones is 1. The number of benzene rings is 1. The van der Waals surface area contributed by atoms with E-state index in [1.807, 2.05) is 0 Å². The van der Waals surface area contributed by atoms with Crippen molar-refractivity contribution in [2.24, 2.45) is 29.1 Å². The number of fused-ring (bicyclic) bond motifs is 7. The summed E-state index contributed by atoms with van der Waals surface area (Å²) < 4.78 is 0. The van der Waals surface area contributed by atoms with E-state index in [4.69, 9.17) is 0 Å². The fraction of sp³-hybridized carbons (Fsp3) is 0.593. The highest BCUT2D eigenvalue weighted by Gasteiger charge is 2.63. The molecule has 0 spiro atoms. The molecule has 0 aliphatic heterocycles. The van der Waals surface area contributed by atoms with E-state index in [0.717, 1.165) is 19.3 Å². The van der Waals surface area contributed by atoms with Crippen LogP contribution in [-0.4, -0.2) is 10.8 Å². The molecule has 5 unspecified atom stereocenters. The number of allylic oxidation sites excluding steroid dienone is 2. The fourth-order valence-electron chi connectivity index (χ4n) is 7.50. The molecule has 5 rings (SSSR count). The van der Waals surface area contributed by atoms with Crippen molar-refractivity contribution >= 4 is 16.7 Å². The van der Waals surface area contributed by atoms with Crippen molar-refractivity contribution in [2.75, 3.05) is 0 Å². The first-order valence-corrected chi connectivity index (χ1v) is 11.7. The largest absolute Gasteiger partial charge is 0.358 e. The lowest BCUT2D eigenvalue weighted by atomic mass is 9.43. The number of Topliss-reactive ketones (excluding diaryl/α,β-unsaturated/α-hetero) is 1. The van der Waals surface area contributed by atoms with Crippen LogP contribution < -0.4 is 0 Å². The molecule has 3 aliphatic carbocycles. The van der Waals surface area contributed by atoms with Crippen LogP contribution >= 0.6 is 0 Å².